The number of nitrogens with zero attached hydrogens (tertiary/aromatic N) is 3. The first kappa shape index (κ1) is 44.7. The number of hydrogen-bond donors (Lipinski definition) is 2. The molecule has 10 atom stereocenters. The summed E-state index contributed by atoms with van der Waals surface area (Å²) >= 11 is 0. The highest BCUT2D eigenvalue weighted by atomic mass is 16.6. The van der Waals surface area contributed by atoms with Crippen LogP contribution in [0.25, 0.3) is 0 Å². The number of morpholine rings is 1. The van der Waals surface area contributed by atoms with Crippen LogP contribution >= 0.6 is 0 Å². The summed E-state index contributed by atoms with van der Waals surface area (Å²) in [7, 11) is 0. The maximum absolute atomic E-state index is 15.1. The Hall–Kier alpha value is -7.78. The second-order valence-electron chi connectivity index (χ2n) is 18.6. The molecular formula is C55H50N4O11. The predicted octanol–water partition coefficient (Wildman–Crippen LogP) is 6.28. The smallest absolute Gasteiger partial charge is 0.325 e. The molecule has 0 saturated carbocycles. The van der Waals surface area contributed by atoms with Gasteiger partial charge in [0, 0.05) is 12.2 Å². The number of benzene rings is 5. The average molecular weight is 943 g/mol. The molecule has 15 heteroatoms. The molecule has 5 aromatic rings. The number of hydrogen-bond acceptors (Lipinski definition) is 12. The molecule has 5 aromatic carbocycles. The number of anilines is 1. The molecule has 0 aromatic heterocycles. The van der Waals surface area contributed by atoms with Crippen LogP contribution < -0.4 is 10.1 Å². The Kier molecular flexibility index (Phi) is 11.5. The number of rotatable bonds is 12. The Labute approximate surface area is 403 Å². The van der Waals surface area contributed by atoms with Gasteiger partial charge in [-0.3, -0.25) is 33.7 Å². The van der Waals surface area contributed by atoms with Crippen molar-refractivity contribution in [3.63, 3.8) is 0 Å². The summed E-state index contributed by atoms with van der Waals surface area (Å²) in [6, 6.07) is 34.6. The fourth-order valence-electron chi connectivity index (χ4n) is 12.2. The zero-order valence-electron chi connectivity index (χ0n) is 38.0. The fraction of sp³-hybridized carbons (Fsp3) is 0.309. The van der Waals surface area contributed by atoms with E-state index < -0.39 is 83.4 Å². The topological polar surface area (TPSA) is 181 Å². The third-order valence-electron chi connectivity index (χ3n) is 15.0. The molecule has 0 unspecified atom stereocenters. The minimum absolute atomic E-state index is 0.0318. The zero-order chi connectivity index (χ0) is 48.3. The van der Waals surface area contributed by atoms with E-state index in [0.717, 1.165) is 17.5 Å². The van der Waals surface area contributed by atoms with E-state index in [4.69, 9.17) is 18.9 Å². The van der Waals surface area contributed by atoms with Crippen LogP contribution in [0.2, 0.25) is 0 Å². The van der Waals surface area contributed by atoms with Gasteiger partial charge in [0.25, 0.3) is 0 Å². The Morgan fingerprint density at radius 1 is 0.729 bits per heavy atom. The number of carbonyl (C=O) groups excluding carboxylic acids is 6. The Morgan fingerprint density at radius 3 is 2.13 bits per heavy atom. The van der Waals surface area contributed by atoms with Crippen molar-refractivity contribution in [2.24, 2.45) is 11.8 Å². The number of aromatic hydroxyl groups is 1. The quantitative estimate of drug-likeness (QED) is 0.0620. The highest BCUT2D eigenvalue weighted by molar-refractivity contribution is 6.11. The van der Waals surface area contributed by atoms with Crippen molar-refractivity contribution in [1.82, 2.24) is 14.7 Å². The number of para-hydroxylation sites is 1. The molecule has 6 heterocycles. The van der Waals surface area contributed by atoms with E-state index in [9.17, 15) is 29.1 Å². The van der Waals surface area contributed by atoms with Crippen molar-refractivity contribution < 1.29 is 52.8 Å². The van der Waals surface area contributed by atoms with Crippen molar-refractivity contribution in [2.45, 2.75) is 67.0 Å². The van der Waals surface area contributed by atoms with Crippen LogP contribution in [0, 0.1) is 11.8 Å². The summed E-state index contributed by atoms with van der Waals surface area (Å²) in [6.07, 6.45) is 2.01. The summed E-state index contributed by atoms with van der Waals surface area (Å²) < 4.78 is 24.2. The molecule has 6 aliphatic heterocycles. The second-order valence-corrected chi connectivity index (χ2v) is 18.6. The molecule has 15 nitrogen and oxygen atoms in total. The molecule has 3 amide bonds. The lowest BCUT2D eigenvalue weighted by atomic mass is 9.65. The minimum Gasteiger partial charge on any atom is -0.508 e. The highest BCUT2D eigenvalue weighted by Crippen LogP contribution is 2.65. The first-order valence-electron chi connectivity index (χ1n) is 23.7. The number of ether oxygens (including phenoxy) is 4. The zero-order valence-corrected chi connectivity index (χ0v) is 38.0. The maximum atomic E-state index is 15.1. The lowest BCUT2D eigenvalue weighted by molar-refractivity contribution is -0.180. The van der Waals surface area contributed by atoms with Crippen LogP contribution in [0.15, 0.2) is 146 Å². The van der Waals surface area contributed by atoms with Gasteiger partial charge in [-0.1, -0.05) is 116 Å². The van der Waals surface area contributed by atoms with Crippen molar-refractivity contribution in [1.29, 1.82) is 0 Å². The van der Waals surface area contributed by atoms with Crippen LogP contribution in [-0.2, 0) is 48.4 Å². The minimum atomic E-state index is -1.69. The van der Waals surface area contributed by atoms with Gasteiger partial charge in [0.15, 0.2) is 0 Å². The molecule has 6 aliphatic rings. The number of phenolic OH excluding ortho intramolecular Hbond substituents is 1. The lowest BCUT2D eigenvalue weighted by Gasteiger charge is -2.46. The summed E-state index contributed by atoms with van der Waals surface area (Å²) in [6.45, 7) is 3.90. The number of piperazine rings is 1. The van der Waals surface area contributed by atoms with E-state index in [1.165, 1.54) is 18.2 Å². The first-order chi connectivity index (χ1) is 34.1. The summed E-state index contributed by atoms with van der Waals surface area (Å²) in [5.74, 6) is -4.56. The third-order valence-corrected chi connectivity index (χ3v) is 15.0. The van der Waals surface area contributed by atoms with Gasteiger partial charge < -0.3 is 39.2 Å². The Bertz CT molecular complexity index is 2880. The SMILES string of the molecule is C=CCOC(=O)[C@@H]1[C@H]2C(=O)O[C@H](c3ccccc3)[C@H](c3ccccc3)N2[C@H](c2ccc(OCCOC(=O)[C@H]3C[C@H]4C(=O)N5CCC[C@H]5C(=O)N4[C@H]3c3ccc(O)cc3)cc2)[C@@]12C(=O)Nc1ccccc12. The van der Waals surface area contributed by atoms with Crippen molar-refractivity contribution in [3.05, 3.63) is 174 Å². The van der Waals surface area contributed by atoms with Gasteiger partial charge in [-0.25, -0.2) is 0 Å². The number of esters is 3. The molecule has 0 aliphatic carbocycles. The predicted molar refractivity (Wildman–Crippen MR) is 251 cm³/mol. The lowest BCUT2D eigenvalue weighted by Crippen LogP contribution is -2.60. The van der Waals surface area contributed by atoms with Gasteiger partial charge >= 0.3 is 17.9 Å². The summed E-state index contributed by atoms with van der Waals surface area (Å²) in [4.78, 5) is 91.3. The van der Waals surface area contributed by atoms with Crippen LogP contribution in [0.5, 0.6) is 11.5 Å². The standard InChI is InChI=1S/C55H50N4O11/c1-2-28-68-52(64)43-46-53(65)70-47(34-14-7-4-8-15-34)45(32-12-5-3-6-13-32)59(46)48(55(43)39-16-9-10-17-40(39)56-54(55)66)35-21-25-37(26-22-35)67-29-30-69-51(63)38-31-42-49(61)57-27-11-18-41(57)50(62)58(42)44(38)33-19-23-36(60)24-20-33/h2-10,12-17,19-26,38,41-48,60H,1,11,18,27-31H2,(H,56,66)/t38-,41-,42-,43-,44-,45-,46-,47+,48+,55-/m0/s1. The van der Waals surface area contributed by atoms with Gasteiger partial charge in [0.05, 0.1) is 24.0 Å². The largest absolute Gasteiger partial charge is 0.508 e. The number of amides is 3. The third kappa shape index (κ3) is 7.12. The van der Waals surface area contributed by atoms with Crippen LogP contribution in [0.3, 0.4) is 0 Å². The first-order valence-corrected chi connectivity index (χ1v) is 23.7. The number of fused-ring (bicyclic) bond motifs is 5. The van der Waals surface area contributed by atoms with Crippen LogP contribution in [0.1, 0.15) is 71.3 Å². The van der Waals surface area contributed by atoms with Crippen molar-refractivity contribution >= 4 is 41.3 Å². The monoisotopic (exact) mass is 942 g/mol. The molecule has 5 saturated heterocycles. The van der Waals surface area contributed by atoms with E-state index >= 15 is 4.79 Å². The molecule has 356 valence electrons. The van der Waals surface area contributed by atoms with E-state index in [2.05, 4.69) is 11.9 Å². The van der Waals surface area contributed by atoms with Gasteiger partial charge in [0.2, 0.25) is 17.7 Å². The Morgan fingerprint density at radius 2 is 1.40 bits per heavy atom. The van der Waals surface area contributed by atoms with Gasteiger partial charge in [-0.15, -0.1) is 0 Å². The van der Waals surface area contributed by atoms with Crippen molar-refractivity contribution in [2.75, 3.05) is 31.7 Å². The van der Waals surface area contributed by atoms with Gasteiger partial charge in [0.1, 0.15) is 66.9 Å². The van der Waals surface area contributed by atoms with Crippen LogP contribution in [-0.4, -0.2) is 99.9 Å². The average Bonchev–Trinajstić information content (AvgIpc) is 4.18. The molecule has 1 spiro atoms. The summed E-state index contributed by atoms with van der Waals surface area (Å²) in [5.41, 5.74) is 2.13. The van der Waals surface area contributed by atoms with Crippen molar-refractivity contribution in [3.8, 4) is 11.5 Å². The summed E-state index contributed by atoms with van der Waals surface area (Å²) in [5, 5.41) is 13.1. The van der Waals surface area contributed by atoms with E-state index in [1.54, 1.807) is 52.3 Å². The van der Waals surface area contributed by atoms with E-state index in [0.29, 0.717) is 41.1 Å². The van der Waals surface area contributed by atoms with Gasteiger partial charge in [-0.2, -0.15) is 0 Å². The second kappa shape index (κ2) is 17.9. The van der Waals surface area contributed by atoms with E-state index in [1.807, 2.05) is 83.8 Å². The highest BCUT2D eigenvalue weighted by Gasteiger charge is 2.74. The van der Waals surface area contributed by atoms with Crippen LogP contribution in [0.4, 0.5) is 5.69 Å². The molecule has 5 fully saturated rings. The molecule has 0 radical (unpaired) electrons. The molecule has 2 N–H and O–H groups in total. The molecular weight excluding hydrogens is 893 g/mol. The Balaban J connectivity index is 0.902. The molecule has 11 rings (SSSR count). The number of nitrogens with one attached hydrogen (secondary N) is 1. The van der Waals surface area contributed by atoms with E-state index in [-0.39, 0.29) is 43.8 Å². The fourth-order valence-corrected chi connectivity index (χ4v) is 12.2. The maximum Gasteiger partial charge on any atom is 0.325 e. The normalized spacial score (nSPS) is 28.6. The molecule has 70 heavy (non-hydrogen) atoms. The molecule has 0 bridgehead atoms. The number of cyclic esters (lactones) is 1. The number of carbonyl (C=O) groups is 6. The van der Waals surface area contributed by atoms with Gasteiger partial charge in [-0.05, 0) is 77.4 Å². The number of phenols is 1.